The van der Waals surface area contributed by atoms with Gasteiger partial charge >= 0.3 is 5.69 Å². The van der Waals surface area contributed by atoms with Crippen LogP contribution in [-0.2, 0) is 6.54 Å². The van der Waals surface area contributed by atoms with Gasteiger partial charge in [-0.3, -0.25) is 24.7 Å². The zero-order valence-electron chi connectivity index (χ0n) is 12.0. The van der Waals surface area contributed by atoms with Crippen LogP contribution in [0.1, 0.15) is 41.6 Å². The second kappa shape index (κ2) is 5.73. The highest BCUT2D eigenvalue weighted by molar-refractivity contribution is 5.96. The number of aromatic nitrogens is 4. The molecule has 0 aliphatic carbocycles. The summed E-state index contributed by atoms with van der Waals surface area (Å²) in [4.78, 5) is 22.2. The molecule has 0 fully saturated rings. The van der Waals surface area contributed by atoms with Crippen molar-refractivity contribution in [3.05, 3.63) is 39.5 Å². The first-order chi connectivity index (χ1) is 9.95. The Morgan fingerprint density at radius 3 is 2.86 bits per heavy atom. The second-order valence-electron chi connectivity index (χ2n) is 4.58. The Bertz CT molecular complexity index is 674. The van der Waals surface area contributed by atoms with Crippen LogP contribution in [-0.4, -0.2) is 30.8 Å². The minimum Gasteiger partial charge on any atom is -0.344 e. The van der Waals surface area contributed by atoms with Gasteiger partial charge in [-0.1, -0.05) is 0 Å². The lowest BCUT2D eigenvalue weighted by molar-refractivity contribution is -0.385. The first kappa shape index (κ1) is 14.7. The molecule has 2 rings (SSSR count). The molecule has 21 heavy (non-hydrogen) atoms. The van der Waals surface area contributed by atoms with Crippen LogP contribution in [0.4, 0.5) is 5.69 Å². The van der Waals surface area contributed by atoms with Gasteiger partial charge in [-0.05, 0) is 20.8 Å². The molecule has 0 saturated heterocycles. The number of carbonyl (C=O) groups is 1. The summed E-state index contributed by atoms with van der Waals surface area (Å²) in [6.07, 6.45) is 2.70. The van der Waals surface area contributed by atoms with E-state index in [1.54, 1.807) is 13.1 Å². The topological polar surface area (TPSA) is 119 Å². The van der Waals surface area contributed by atoms with Crippen LogP contribution in [0.2, 0.25) is 0 Å². The molecule has 1 unspecified atom stereocenters. The van der Waals surface area contributed by atoms with Crippen LogP contribution in [0.25, 0.3) is 0 Å². The van der Waals surface area contributed by atoms with E-state index in [1.807, 2.05) is 18.5 Å². The number of nitrogens with zero attached hydrogens (tertiary/aromatic N) is 4. The number of hydrogen-bond donors (Lipinski definition) is 2. The Labute approximate surface area is 120 Å². The number of amides is 1. The number of hydrogen-bond acceptors (Lipinski definition) is 5. The summed E-state index contributed by atoms with van der Waals surface area (Å²) in [5.74, 6) is -0.574. The molecule has 0 saturated carbocycles. The molecular formula is C12H16N6O3. The predicted molar refractivity (Wildman–Crippen MR) is 73.8 cm³/mol. The third-order valence-electron chi connectivity index (χ3n) is 3.30. The third-order valence-corrected chi connectivity index (χ3v) is 3.30. The molecule has 2 N–H and O–H groups in total. The number of nitrogens with one attached hydrogen (secondary N) is 2. The molecule has 0 bridgehead atoms. The molecule has 1 amide bonds. The van der Waals surface area contributed by atoms with E-state index < -0.39 is 10.8 Å². The van der Waals surface area contributed by atoms with Gasteiger partial charge in [0.1, 0.15) is 6.20 Å². The van der Waals surface area contributed by atoms with E-state index in [4.69, 9.17) is 0 Å². The maximum Gasteiger partial charge on any atom is 0.319 e. The highest BCUT2D eigenvalue weighted by Crippen LogP contribution is 2.19. The Hall–Kier alpha value is -2.71. The lowest BCUT2D eigenvalue weighted by atomic mass is 10.1. The molecule has 0 radical (unpaired) electrons. The molecule has 9 nitrogen and oxygen atoms in total. The van der Waals surface area contributed by atoms with Crippen LogP contribution in [0.3, 0.4) is 0 Å². The van der Waals surface area contributed by atoms with Gasteiger partial charge in [-0.15, -0.1) is 0 Å². The molecule has 0 aliphatic rings. The lowest BCUT2D eigenvalue weighted by Crippen LogP contribution is -2.27. The Morgan fingerprint density at radius 1 is 1.57 bits per heavy atom. The molecule has 2 aromatic rings. The molecule has 9 heteroatoms. The first-order valence-corrected chi connectivity index (χ1v) is 6.46. The lowest BCUT2D eigenvalue weighted by Gasteiger charge is -2.13. The van der Waals surface area contributed by atoms with Crippen molar-refractivity contribution in [3.8, 4) is 0 Å². The van der Waals surface area contributed by atoms with Gasteiger partial charge < -0.3 is 5.32 Å². The van der Waals surface area contributed by atoms with Gasteiger partial charge in [0.15, 0.2) is 0 Å². The average Bonchev–Trinajstić information content (AvgIpc) is 3.04. The predicted octanol–water partition coefficient (Wildman–Crippen LogP) is 1.33. The number of aromatic amines is 1. The van der Waals surface area contributed by atoms with E-state index in [2.05, 4.69) is 20.6 Å². The summed E-state index contributed by atoms with van der Waals surface area (Å²) in [6, 6.07) is -0.319. The van der Waals surface area contributed by atoms with Gasteiger partial charge in [0, 0.05) is 17.8 Å². The van der Waals surface area contributed by atoms with Gasteiger partial charge in [0.05, 0.1) is 17.2 Å². The Balaban J connectivity index is 2.17. The van der Waals surface area contributed by atoms with Crippen molar-refractivity contribution < 1.29 is 9.72 Å². The fraction of sp³-hybridized carbons (Fsp3) is 0.417. The smallest absolute Gasteiger partial charge is 0.319 e. The third kappa shape index (κ3) is 2.76. The molecule has 0 aromatic carbocycles. The van der Waals surface area contributed by atoms with Crippen LogP contribution in [0.15, 0.2) is 12.4 Å². The summed E-state index contributed by atoms with van der Waals surface area (Å²) < 4.78 is 1.82. The van der Waals surface area contributed by atoms with Crippen molar-refractivity contribution in [1.82, 2.24) is 25.3 Å². The van der Waals surface area contributed by atoms with E-state index in [-0.39, 0.29) is 17.4 Å². The van der Waals surface area contributed by atoms with E-state index in [1.165, 1.54) is 0 Å². The van der Waals surface area contributed by atoms with Gasteiger partial charge in [0.25, 0.3) is 5.91 Å². The highest BCUT2D eigenvalue weighted by atomic mass is 16.6. The summed E-state index contributed by atoms with van der Waals surface area (Å²) in [5, 5.41) is 23.6. The van der Waals surface area contributed by atoms with Crippen molar-refractivity contribution in [1.29, 1.82) is 0 Å². The fourth-order valence-electron chi connectivity index (χ4n) is 2.14. The van der Waals surface area contributed by atoms with Crippen molar-refractivity contribution >= 4 is 11.6 Å². The molecule has 1 atom stereocenters. The largest absolute Gasteiger partial charge is 0.344 e. The highest BCUT2D eigenvalue weighted by Gasteiger charge is 2.24. The molecule has 2 aromatic heterocycles. The van der Waals surface area contributed by atoms with Gasteiger partial charge in [-0.2, -0.15) is 10.2 Å². The van der Waals surface area contributed by atoms with Crippen molar-refractivity contribution in [2.75, 3.05) is 0 Å². The monoisotopic (exact) mass is 292 g/mol. The van der Waals surface area contributed by atoms with Crippen molar-refractivity contribution in [2.24, 2.45) is 0 Å². The maximum atomic E-state index is 12.1. The average molecular weight is 292 g/mol. The Morgan fingerprint density at radius 2 is 2.29 bits per heavy atom. The summed E-state index contributed by atoms with van der Waals surface area (Å²) in [6.45, 7) is 6.41. The minimum absolute atomic E-state index is 0.160. The molecule has 0 spiro atoms. The van der Waals surface area contributed by atoms with E-state index in [9.17, 15) is 14.9 Å². The maximum absolute atomic E-state index is 12.1. The normalized spacial score (nSPS) is 12.1. The van der Waals surface area contributed by atoms with Gasteiger partial charge in [0.2, 0.25) is 5.69 Å². The van der Waals surface area contributed by atoms with Crippen molar-refractivity contribution in [3.63, 3.8) is 0 Å². The number of H-pyrrole nitrogens is 1. The van der Waals surface area contributed by atoms with Crippen LogP contribution in [0, 0.1) is 17.0 Å². The molecular weight excluding hydrogens is 276 g/mol. The van der Waals surface area contributed by atoms with Gasteiger partial charge in [-0.25, -0.2) is 0 Å². The van der Waals surface area contributed by atoms with Crippen LogP contribution < -0.4 is 5.32 Å². The Kier molecular flexibility index (Phi) is 4.01. The second-order valence-corrected chi connectivity index (χ2v) is 4.58. The quantitative estimate of drug-likeness (QED) is 0.636. The van der Waals surface area contributed by atoms with E-state index in [0.29, 0.717) is 0 Å². The molecule has 2 heterocycles. The number of aryl methyl sites for hydroxylation is 1. The zero-order chi connectivity index (χ0) is 15.6. The summed E-state index contributed by atoms with van der Waals surface area (Å²) >= 11 is 0. The molecule has 0 aliphatic heterocycles. The number of nitro groups is 1. The number of rotatable bonds is 5. The first-order valence-electron chi connectivity index (χ1n) is 6.46. The standard InChI is InChI=1S/C12H16N6O3/c1-4-17-8(3)9(5-14-17)7(2)15-12(19)11-10(18(20)21)6-13-16-11/h5-7H,4H2,1-3H3,(H,13,16)(H,15,19). The zero-order valence-corrected chi connectivity index (χ0v) is 12.0. The van der Waals surface area contributed by atoms with E-state index >= 15 is 0 Å². The van der Waals surface area contributed by atoms with Crippen LogP contribution >= 0.6 is 0 Å². The van der Waals surface area contributed by atoms with Crippen LogP contribution in [0.5, 0.6) is 0 Å². The fourth-order valence-corrected chi connectivity index (χ4v) is 2.14. The van der Waals surface area contributed by atoms with Crippen molar-refractivity contribution in [2.45, 2.75) is 33.4 Å². The number of carbonyl (C=O) groups excluding carboxylic acids is 1. The SMILES string of the molecule is CCn1ncc(C(C)NC(=O)c2[nH]ncc2[N+](=O)[O-])c1C. The summed E-state index contributed by atoms with van der Waals surface area (Å²) in [5.41, 5.74) is 1.31. The minimum atomic E-state index is -0.649. The van der Waals surface area contributed by atoms with E-state index in [0.717, 1.165) is 24.0 Å². The summed E-state index contributed by atoms with van der Waals surface area (Å²) in [7, 11) is 0. The molecule has 112 valence electrons.